The number of nitrogens with one attached hydrogen (secondary N) is 1. The molecule has 4 nitrogen and oxygen atoms in total. The number of methoxy groups -OCH3 is 1. The fourth-order valence-corrected chi connectivity index (χ4v) is 2.38. The minimum Gasteiger partial charge on any atom is -0.497 e. The average Bonchev–Trinajstić information content (AvgIpc) is 2.98. The molecule has 1 aromatic carbocycles. The molecule has 1 unspecified atom stereocenters. The zero-order valence-corrected chi connectivity index (χ0v) is 12.3. The minimum atomic E-state index is -0.151. The molecule has 106 valence electrons. The summed E-state index contributed by atoms with van der Waals surface area (Å²) < 4.78 is 10.3. The Kier molecular flexibility index (Phi) is 5.12. The standard InChI is InChI=1S/C15H17NO3S/c1-11(20-10-14-4-3-9-19-14)15(17)16-12-5-7-13(18-2)8-6-12/h3-9,11H,10H2,1-2H3,(H,16,17). The molecule has 0 aliphatic rings. The molecular weight excluding hydrogens is 274 g/mol. The molecule has 5 heteroatoms. The van der Waals surface area contributed by atoms with Crippen LogP contribution in [-0.4, -0.2) is 18.3 Å². The van der Waals surface area contributed by atoms with E-state index in [1.807, 2.05) is 43.3 Å². The molecule has 1 heterocycles. The first-order valence-corrected chi connectivity index (χ1v) is 7.33. The smallest absolute Gasteiger partial charge is 0.237 e. The van der Waals surface area contributed by atoms with E-state index in [1.165, 1.54) is 11.8 Å². The molecule has 0 fully saturated rings. The number of rotatable bonds is 6. The molecule has 2 rings (SSSR count). The van der Waals surface area contributed by atoms with Crippen molar-refractivity contribution in [3.8, 4) is 5.75 Å². The summed E-state index contributed by atoms with van der Waals surface area (Å²) in [6.07, 6.45) is 1.64. The Morgan fingerprint density at radius 3 is 2.70 bits per heavy atom. The van der Waals surface area contributed by atoms with Gasteiger partial charge in [-0.05, 0) is 43.3 Å². The van der Waals surface area contributed by atoms with Crippen molar-refractivity contribution in [2.24, 2.45) is 0 Å². The van der Waals surface area contributed by atoms with Crippen LogP contribution in [0.15, 0.2) is 47.1 Å². The van der Waals surface area contributed by atoms with Gasteiger partial charge in [-0.3, -0.25) is 4.79 Å². The van der Waals surface area contributed by atoms with E-state index in [9.17, 15) is 4.79 Å². The Morgan fingerprint density at radius 1 is 1.35 bits per heavy atom. The lowest BCUT2D eigenvalue weighted by Gasteiger charge is -2.11. The van der Waals surface area contributed by atoms with Crippen molar-refractivity contribution in [3.63, 3.8) is 0 Å². The number of hydrogen-bond donors (Lipinski definition) is 1. The maximum atomic E-state index is 12.0. The van der Waals surface area contributed by atoms with Gasteiger partial charge in [0.05, 0.1) is 24.4 Å². The summed E-state index contributed by atoms with van der Waals surface area (Å²) >= 11 is 1.54. The van der Waals surface area contributed by atoms with Crippen LogP contribution in [0.25, 0.3) is 0 Å². The van der Waals surface area contributed by atoms with Gasteiger partial charge in [0.25, 0.3) is 0 Å². The molecule has 0 aliphatic heterocycles. The van der Waals surface area contributed by atoms with Gasteiger partial charge in [0, 0.05) is 5.69 Å². The van der Waals surface area contributed by atoms with Crippen molar-refractivity contribution >= 4 is 23.4 Å². The van der Waals surface area contributed by atoms with Crippen LogP contribution in [0.5, 0.6) is 5.75 Å². The molecule has 1 N–H and O–H groups in total. The summed E-state index contributed by atoms with van der Waals surface area (Å²) in [7, 11) is 1.61. The molecule has 0 bridgehead atoms. The molecule has 0 aliphatic carbocycles. The third-order valence-electron chi connectivity index (χ3n) is 2.78. The number of ether oxygens (including phenoxy) is 1. The maximum Gasteiger partial charge on any atom is 0.237 e. The Hall–Kier alpha value is -1.88. The number of furan rings is 1. The summed E-state index contributed by atoms with van der Waals surface area (Å²) in [5, 5.41) is 2.73. The second-order valence-electron chi connectivity index (χ2n) is 4.25. The topological polar surface area (TPSA) is 51.5 Å². The predicted octanol–water partition coefficient (Wildman–Crippen LogP) is 3.55. The summed E-state index contributed by atoms with van der Waals surface area (Å²) in [5.74, 6) is 2.30. The third kappa shape index (κ3) is 4.06. The number of carbonyl (C=O) groups is 1. The van der Waals surface area contributed by atoms with Gasteiger partial charge >= 0.3 is 0 Å². The van der Waals surface area contributed by atoms with Gasteiger partial charge in [0.2, 0.25) is 5.91 Å². The third-order valence-corrected chi connectivity index (χ3v) is 3.95. The van der Waals surface area contributed by atoms with E-state index >= 15 is 0 Å². The Morgan fingerprint density at radius 2 is 2.10 bits per heavy atom. The summed E-state index contributed by atoms with van der Waals surface area (Å²) in [5.41, 5.74) is 0.765. The van der Waals surface area contributed by atoms with Crippen LogP contribution in [0.1, 0.15) is 12.7 Å². The van der Waals surface area contributed by atoms with E-state index in [0.29, 0.717) is 5.75 Å². The van der Waals surface area contributed by atoms with Crippen molar-refractivity contribution in [1.29, 1.82) is 0 Å². The van der Waals surface area contributed by atoms with E-state index in [0.717, 1.165) is 17.2 Å². The number of amides is 1. The molecule has 20 heavy (non-hydrogen) atoms. The van der Waals surface area contributed by atoms with Crippen molar-refractivity contribution in [2.75, 3.05) is 12.4 Å². The molecule has 0 spiro atoms. The summed E-state index contributed by atoms with van der Waals surface area (Å²) in [4.78, 5) is 12.0. The molecule has 2 aromatic rings. The fraction of sp³-hybridized carbons (Fsp3) is 0.267. The summed E-state index contributed by atoms with van der Waals surface area (Å²) in [6, 6.07) is 11.0. The second-order valence-corrected chi connectivity index (χ2v) is 5.58. The van der Waals surface area contributed by atoms with Gasteiger partial charge < -0.3 is 14.5 Å². The van der Waals surface area contributed by atoms with E-state index < -0.39 is 0 Å². The van der Waals surface area contributed by atoms with Gasteiger partial charge in [-0.25, -0.2) is 0 Å². The Bertz CT molecular complexity index is 537. The highest BCUT2D eigenvalue weighted by Crippen LogP contribution is 2.20. The van der Waals surface area contributed by atoms with Gasteiger partial charge in [0.15, 0.2) is 0 Å². The highest BCUT2D eigenvalue weighted by molar-refractivity contribution is 7.99. The molecule has 0 saturated heterocycles. The SMILES string of the molecule is COc1ccc(NC(=O)C(C)SCc2ccco2)cc1. The quantitative estimate of drug-likeness (QED) is 0.884. The van der Waals surface area contributed by atoms with Gasteiger partial charge in [0.1, 0.15) is 11.5 Å². The molecular formula is C15H17NO3S. The van der Waals surface area contributed by atoms with Crippen molar-refractivity contribution in [3.05, 3.63) is 48.4 Å². The molecule has 1 amide bonds. The predicted molar refractivity (Wildman–Crippen MR) is 81.1 cm³/mol. The number of hydrogen-bond acceptors (Lipinski definition) is 4. The number of anilines is 1. The first-order valence-electron chi connectivity index (χ1n) is 6.28. The fourth-order valence-electron chi connectivity index (χ4n) is 1.60. The van der Waals surface area contributed by atoms with Gasteiger partial charge in [-0.15, -0.1) is 11.8 Å². The van der Waals surface area contributed by atoms with Gasteiger partial charge in [-0.1, -0.05) is 0 Å². The van der Waals surface area contributed by atoms with Crippen LogP contribution in [-0.2, 0) is 10.5 Å². The van der Waals surface area contributed by atoms with Crippen LogP contribution in [0, 0.1) is 0 Å². The van der Waals surface area contributed by atoms with Crippen LogP contribution in [0.2, 0.25) is 0 Å². The summed E-state index contributed by atoms with van der Waals surface area (Å²) in [6.45, 7) is 1.88. The zero-order valence-electron chi connectivity index (χ0n) is 11.5. The largest absolute Gasteiger partial charge is 0.497 e. The van der Waals surface area contributed by atoms with Crippen molar-refractivity contribution < 1.29 is 13.9 Å². The van der Waals surface area contributed by atoms with Crippen molar-refractivity contribution in [1.82, 2.24) is 0 Å². The lowest BCUT2D eigenvalue weighted by molar-refractivity contribution is -0.115. The maximum absolute atomic E-state index is 12.0. The van der Waals surface area contributed by atoms with E-state index in [4.69, 9.17) is 9.15 Å². The number of thioether (sulfide) groups is 1. The van der Waals surface area contributed by atoms with E-state index in [2.05, 4.69) is 5.32 Å². The first-order chi connectivity index (χ1) is 9.69. The zero-order chi connectivity index (χ0) is 14.4. The highest BCUT2D eigenvalue weighted by Gasteiger charge is 2.14. The molecule has 0 saturated carbocycles. The van der Waals surface area contributed by atoms with E-state index in [1.54, 1.807) is 13.4 Å². The lowest BCUT2D eigenvalue weighted by atomic mass is 10.3. The number of carbonyl (C=O) groups excluding carboxylic acids is 1. The van der Waals surface area contributed by atoms with Crippen LogP contribution in [0.3, 0.4) is 0 Å². The Balaban J connectivity index is 1.83. The lowest BCUT2D eigenvalue weighted by Crippen LogP contribution is -2.22. The Labute approximate surface area is 122 Å². The normalized spacial score (nSPS) is 11.9. The first kappa shape index (κ1) is 14.5. The molecule has 0 radical (unpaired) electrons. The van der Waals surface area contributed by atoms with Crippen LogP contribution < -0.4 is 10.1 Å². The minimum absolute atomic E-state index is 0.0216. The number of benzene rings is 1. The molecule has 1 atom stereocenters. The molecule has 1 aromatic heterocycles. The van der Waals surface area contributed by atoms with Gasteiger partial charge in [-0.2, -0.15) is 0 Å². The van der Waals surface area contributed by atoms with Crippen LogP contribution in [0.4, 0.5) is 5.69 Å². The average molecular weight is 291 g/mol. The second kappa shape index (κ2) is 7.05. The van der Waals surface area contributed by atoms with Crippen LogP contribution >= 0.6 is 11.8 Å². The monoisotopic (exact) mass is 291 g/mol. The van der Waals surface area contributed by atoms with E-state index in [-0.39, 0.29) is 11.2 Å². The van der Waals surface area contributed by atoms with Crippen molar-refractivity contribution in [2.45, 2.75) is 17.9 Å². The highest BCUT2D eigenvalue weighted by atomic mass is 32.2.